The van der Waals surface area contributed by atoms with Crippen LogP contribution in [0, 0.1) is 0 Å². The first-order valence-corrected chi connectivity index (χ1v) is 6.79. The van der Waals surface area contributed by atoms with Gasteiger partial charge in [0.15, 0.2) is 0 Å². The summed E-state index contributed by atoms with van der Waals surface area (Å²) < 4.78 is 78.4. The highest BCUT2D eigenvalue weighted by Gasteiger charge is 1.84. The molecule has 0 saturated heterocycles. The Morgan fingerprint density at radius 1 is 0.929 bits per heavy atom. The highest BCUT2D eigenvalue weighted by atomic mass is 32.9. The van der Waals surface area contributed by atoms with Crippen molar-refractivity contribution < 1.29 is 44.2 Å². The van der Waals surface area contributed by atoms with Crippen molar-refractivity contribution in [1.29, 1.82) is 0 Å². The molecule has 6 N–H and O–H groups in total. The molecular formula is H6O10S4. The average Bonchev–Trinajstić information content (AvgIpc) is 1.45. The molecule has 0 spiro atoms. The lowest BCUT2D eigenvalue weighted by molar-refractivity contribution is 0.380. The number of rotatable bonds is 0. The van der Waals surface area contributed by atoms with Gasteiger partial charge < -0.3 is 0 Å². The molecule has 0 radical (unpaired) electrons. The molecular weight excluding hydrogens is 288 g/mol. The lowest BCUT2D eigenvalue weighted by Gasteiger charge is -1.73. The van der Waals surface area contributed by atoms with Crippen LogP contribution in [0.25, 0.3) is 0 Å². The van der Waals surface area contributed by atoms with Crippen LogP contribution in [-0.2, 0) is 42.0 Å². The van der Waals surface area contributed by atoms with Crippen LogP contribution < -0.4 is 0 Å². The lowest BCUT2D eigenvalue weighted by Crippen LogP contribution is -1.89. The third-order valence-electron chi connectivity index (χ3n) is 0. The number of hydrogen-bond acceptors (Lipinski definition) is 5. The van der Waals surface area contributed by atoms with Crippen molar-refractivity contribution in [2.45, 2.75) is 0 Å². The minimum Gasteiger partial charge on any atom is -0.285 e. The molecule has 0 aliphatic carbocycles. The summed E-state index contributed by atoms with van der Waals surface area (Å²) in [5.74, 6) is 0. The predicted molar refractivity (Wildman–Crippen MR) is 48.3 cm³/mol. The average molecular weight is 294 g/mol. The molecule has 0 atom stereocenters. The lowest BCUT2D eigenvalue weighted by atomic mass is 15.8. The molecule has 0 heterocycles. The summed E-state index contributed by atoms with van der Waals surface area (Å²) in [5.41, 5.74) is 0. The summed E-state index contributed by atoms with van der Waals surface area (Å²) in [6, 6.07) is 0. The molecule has 0 rings (SSSR count). The summed E-state index contributed by atoms with van der Waals surface area (Å²) in [4.78, 5) is 0. The Labute approximate surface area is 86.4 Å². The maximum atomic E-state index is 9.11. The Morgan fingerprint density at radius 3 is 0.929 bits per heavy atom. The van der Waals surface area contributed by atoms with Crippen molar-refractivity contribution in [3.05, 3.63) is 0 Å². The molecule has 0 bridgehead atoms. The molecule has 0 aromatic heterocycles. The molecule has 0 unspecified atom stereocenters. The topological polar surface area (TPSA) is 190 Å². The van der Waals surface area contributed by atoms with Crippen LogP contribution in [-0.4, -0.2) is 44.2 Å². The Balaban J connectivity index is -0.000000131. The van der Waals surface area contributed by atoms with E-state index >= 15 is 0 Å². The molecule has 0 saturated carbocycles. The summed E-state index contributed by atoms with van der Waals surface area (Å²) in [6.45, 7) is 0. The van der Waals surface area contributed by atoms with E-state index in [0.29, 0.717) is 0 Å². The van der Waals surface area contributed by atoms with Crippen molar-refractivity contribution in [2.75, 3.05) is 0 Å². The van der Waals surface area contributed by atoms with Gasteiger partial charge in [0.1, 0.15) is 0 Å². The van der Waals surface area contributed by atoms with Gasteiger partial charge in [-0.1, -0.05) is 0 Å². The van der Waals surface area contributed by atoms with Crippen molar-refractivity contribution in [1.82, 2.24) is 0 Å². The first-order chi connectivity index (χ1) is 5.73. The maximum Gasteiger partial charge on any atom is 0.394 e. The first kappa shape index (κ1) is 19.7. The Kier molecular flexibility index (Phi) is 12.0. The van der Waals surface area contributed by atoms with Crippen LogP contribution in [0.1, 0.15) is 0 Å². The van der Waals surface area contributed by atoms with Crippen LogP contribution in [0.3, 0.4) is 0 Å². The fourth-order valence-electron chi connectivity index (χ4n) is 0. The summed E-state index contributed by atoms with van der Waals surface area (Å²) >= 11 is 0.854. The second-order valence-electron chi connectivity index (χ2n) is 1.13. The molecule has 0 aliphatic heterocycles. The zero-order valence-corrected chi connectivity index (χ0v) is 9.22. The molecule has 90 valence electrons. The van der Waals surface area contributed by atoms with Crippen molar-refractivity contribution >= 4 is 42.0 Å². The maximum absolute atomic E-state index is 9.11. The van der Waals surface area contributed by atoms with E-state index in [9.17, 15) is 0 Å². The minimum atomic E-state index is -4.67. The molecule has 14 heavy (non-hydrogen) atoms. The van der Waals surface area contributed by atoms with Crippen LogP contribution >= 0.6 is 0 Å². The standard InChI is InChI=1S/H2O4S.H2O3S2.H2O3S/c2*1-5(2,3)4;1-4(2)3/h2*(H2,1,2,3,4);(H2,1,2,3). The monoisotopic (exact) mass is 294 g/mol. The van der Waals surface area contributed by atoms with E-state index in [1.54, 1.807) is 0 Å². The number of hydrogen-bond donors (Lipinski definition) is 6. The minimum absolute atomic E-state index is 2.61. The molecule has 14 heteroatoms. The summed E-state index contributed by atoms with van der Waals surface area (Å²) in [7, 11) is -8.50. The van der Waals surface area contributed by atoms with E-state index in [-0.39, 0.29) is 0 Å². The van der Waals surface area contributed by atoms with E-state index in [1.807, 2.05) is 0 Å². The van der Waals surface area contributed by atoms with Crippen molar-refractivity contribution in [3.8, 4) is 0 Å². The fourth-order valence-corrected chi connectivity index (χ4v) is 0. The Bertz CT molecular complexity index is 278. The zero-order valence-electron chi connectivity index (χ0n) is 5.95. The Hall–Kier alpha value is 0.230. The second kappa shape index (κ2) is 8.53. The van der Waals surface area contributed by atoms with Gasteiger partial charge in [-0.15, -0.1) is 0 Å². The third kappa shape index (κ3) is 29200. The van der Waals surface area contributed by atoms with Crippen LogP contribution in [0.15, 0.2) is 0 Å². The van der Waals surface area contributed by atoms with Crippen molar-refractivity contribution in [2.24, 2.45) is 0 Å². The van der Waals surface area contributed by atoms with Gasteiger partial charge in [0.2, 0.25) is 0 Å². The van der Waals surface area contributed by atoms with Gasteiger partial charge in [-0.05, 0) is 0 Å². The molecule has 0 fully saturated rings. The van der Waals surface area contributed by atoms with Crippen LogP contribution in [0.5, 0.6) is 0 Å². The predicted octanol–water partition coefficient (Wildman–Crippen LogP) is -1.29. The van der Waals surface area contributed by atoms with Gasteiger partial charge in [-0.25, -0.2) is 0 Å². The fraction of sp³-hybridized carbons (Fsp3) is 0. The van der Waals surface area contributed by atoms with Gasteiger partial charge in [-0.2, -0.15) is 16.8 Å². The van der Waals surface area contributed by atoms with Crippen LogP contribution in [0.4, 0.5) is 0 Å². The quantitative estimate of drug-likeness (QED) is 0.230. The van der Waals surface area contributed by atoms with E-state index in [2.05, 4.69) is 11.2 Å². The molecule has 0 aromatic carbocycles. The molecule has 0 aromatic rings. The summed E-state index contributed by atoms with van der Waals surface area (Å²) in [5, 5.41) is 0. The normalized spacial score (nSPS) is 10.8. The van der Waals surface area contributed by atoms with E-state index in [4.69, 9.17) is 44.2 Å². The van der Waals surface area contributed by atoms with Gasteiger partial charge in [0.25, 0.3) is 20.4 Å². The van der Waals surface area contributed by atoms with Gasteiger partial charge in [-0.3, -0.25) is 27.3 Å². The second-order valence-corrected chi connectivity index (χ2v) is 4.68. The van der Waals surface area contributed by atoms with Crippen LogP contribution in [0.2, 0.25) is 0 Å². The molecule has 10 nitrogen and oxygen atoms in total. The highest BCUT2D eigenvalue weighted by molar-refractivity contribution is 8.26. The SMILES string of the molecule is O=S(=O)(O)O.O=S(O)(O)=S.O=S(O)O. The Morgan fingerprint density at radius 2 is 0.929 bits per heavy atom. The first-order valence-electron chi connectivity index (χ1n) is 1.93. The van der Waals surface area contributed by atoms with E-state index in [0.717, 1.165) is 0 Å². The van der Waals surface area contributed by atoms with E-state index in [1.165, 1.54) is 0 Å². The third-order valence-corrected chi connectivity index (χ3v) is 0. The largest absolute Gasteiger partial charge is 0.394 e. The summed E-state index contributed by atoms with van der Waals surface area (Å²) in [6.07, 6.45) is 0. The van der Waals surface area contributed by atoms with E-state index < -0.39 is 30.8 Å². The smallest absolute Gasteiger partial charge is 0.285 e. The van der Waals surface area contributed by atoms with Crippen molar-refractivity contribution in [3.63, 3.8) is 0 Å². The zero-order chi connectivity index (χ0) is 12.6. The van der Waals surface area contributed by atoms with Gasteiger partial charge >= 0.3 is 10.4 Å². The van der Waals surface area contributed by atoms with Gasteiger partial charge in [0, 0.05) is 11.2 Å². The highest BCUT2D eigenvalue weighted by Crippen LogP contribution is 1.62. The van der Waals surface area contributed by atoms with Gasteiger partial charge in [0.05, 0.1) is 0 Å². The molecule has 0 aliphatic rings. The molecule has 0 amide bonds.